The normalized spacial score (nSPS) is 16.0. The van der Waals surface area contributed by atoms with Crippen molar-refractivity contribution in [2.24, 2.45) is 0 Å². The number of aromatic nitrogens is 4. The molecule has 3 aromatic rings. The molecule has 28 heavy (non-hydrogen) atoms. The molecule has 0 spiro atoms. The summed E-state index contributed by atoms with van der Waals surface area (Å²) in [4.78, 5) is 6.15. The Morgan fingerprint density at radius 2 is 1.89 bits per heavy atom. The molecule has 0 bridgehead atoms. The van der Waals surface area contributed by atoms with Crippen LogP contribution < -0.4 is 4.90 Å². The number of halogens is 1. The third kappa shape index (κ3) is 3.48. The fourth-order valence-electron chi connectivity index (χ4n) is 3.38. The van der Waals surface area contributed by atoms with Crippen molar-refractivity contribution in [1.29, 1.82) is 5.26 Å². The minimum absolute atomic E-state index is 0.206. The number of benzene rings is 1. The van der Waals surface area contributed by atoms with Gasteiger partial charge in [0.2, 0.25) is 0 Å². The highest BCUT2D eigenvalue weighted by Crippen LogP contribution is 2.36. The summed E-state index contributed by atoms with van der Waals surface area (Å²) in [5.41, 5.74) is 1.03. The molecular formula is C19H17BrN6O2. The van der Waals surface area contributed by atoms with Gasteiger partial charge in [0.15, 0.2) is 17.3 Å². The highest BCUT2D eigenvalue weighted by molar-refractivity contribution is 9.10. The van der Waals surface area contributed by atoms with Crippen LogP contribution in [0.4, 0.5) is 5.82 Å². The van der Waals surface area contributed by atoms with Crippen LogP contribution in [0.2, 0.25) is 0 Å². The van der Waals surface area contributed by atoms with Crippen LogP contribution in [0.1, 0.15) is 24.2 Å². The Morgan fingerprint density at radius 3 is 2.46 bits per heavy atom. The molecule has 0 saturated carbocycles. The summed E-state index contributed by atoms with van der Waals surface area (Å²) in [6.45, 7) is 1.14. The number of rotatable bonds is 4. The van der Waals surface area contributed by atoms with E-state index in [9.17, 15) is 5.26 Å². The quantitative estimate of drug-likeness (QED) is 0.658. The fourth-order valence-corrected chi connectivity index (χ4v) is 3.65. The molecule has 1 saturated heterocycles. The lowest BCUT2D eigenvalue weighted by Crippen LogP contribution is -2.42. The zero-order chi connectivity index (χ0) is 19.6. The van der Waals surface area contributed by atoms with Gasteiger partial charge in [-0.05, 0) is 42.7 Å². The van der Waals surface area contributed by atoms with Gasteiger partial charge in [-0.1, -0.05) is 33.2 Å². The van der Waals surface area contributed by atoms with Crippen LogP contribution in [0.25, 0.3) is 11.6 Å². The van der Waals surface area contributed by atoms with Gasteiger partial charge in [-0.25, -0.2) is 0 Å². The second-order valence-corrected chi connectivity index (χ2v) is 7.55. The predicted molar refractivity (Wildman–Crippen MR) is 104 cm³/mol. The molecule has 3 heterocycles. The zero-order valence-corrected chi connectivity index (χ0v) is 16.5. The number of hydrogen-bond donors (Lipinski definition) is 1. The number of aliphatic hydroxyl groups excluding tert-OH is 1. The SMILES string of the molecule is N#CC1(c2ccc(Br)cc2)CCN(c2ccc(-c3nc(CO)no3)nn2)CC1. The average Bonchev–Trinajstić information content (AvgIpc) is 3.24. The van der Waals surface area contributed by atoms with Gasteiger partial charge in [-0.2, -0.15) is 10.2 Å². The number of hydrogen-bond acceptors (Lipinski definition) is 8. The molecule has 0 radical (unpaired) electrons. The molecule has 1 fully saturated rings. The van der Waals surface area contributed by atoms with Gasteiger partial charge in [0.25, 0.3) is 5.89 Å². The van der Waals surface area contributed by atoms with E-state index >= 15 is 0 Å². The second kappa shape index (κ2) is 7.66. The first-order chi connectivity index (χ1) is 13.6. The number of nitriles is 1. The maximum atomic E-state index is 9.86. The van der Waals surface area contributed by atoms with Crippen molar-refractivity contribution in [3.05, 3.63) is 52.3 Å². The summed E-state index contributed by atoms with van der Waals surface area (Å²) in [7, 11) is 0. The Balaban J connectivity index is 1.47. The van der Waals surface area contributed by atoms with Crippen LogP contribution in [-0.4, -0.2) is 38.5 Å². The molecular weight excluding hydrogens is 424 g/mol. The van der Waals surface area contributed by atoms with E-state index < -0.39 is 5.41 Å². The van der Waals surface area contributed by atoms with E-state index in [1.54, 1.807) is 6.07 Å². The molecule has 0 unspecified atom stereocenters. The molecule has 1 aromatic carbocycles. The van der Waals surface area contributed by atoms with Gasteiger partial charge in [-0.3, -0.25) is 0 Å². The lowest BCUT2D eigenvalue weighted by molar-refractivity contribution is 0.264. The van der Waals surface area contributed by atoms with E-state index in [0.29, 0.717) is 18.8 Å². The topological polar surface area (TPSA) is 112 Å². The van der Waals surface area contributed by atoms with Crippen LogP contribution in [0.15, 0.2) is 45.4 Å². The van der Waals surface area contributed by atoms with Gasteiger partial charge in [0.05, 0.1) is 11.5 Å². The van der Waals surface area contributed by atoms with Gasteiger partial charge >= 0.3 is 0 Å². The molecule has 142 valence electrons. The van der Waals surface area contributed by atoms with E-state index in [2.05, 4.69) is 47.2 Å². The van der Waals surface area contributed by atoms with Crippen LogP contribution >= 0.6 is 15.9 Å². The standard InChI is InChI=1S/C19H17BrN6O2/c20-14-3-1-13(2-4-14)19(12-21)7-9-26(10-8-19)17-6-5-15(23-24-17)18-22-16(11-27)25-28-18/h1-6,27H,7-11H2. The molecule has 8 nitrogen and oxygen atoms in total. The lowest BCUT2D eigenvalue weighted by Gasteiger charge is -2.38. The largest absolute Gasteiger partial charge is 0.388 e. The first-order valence-corrected chi connectivity index (χ1v) is 9.63. The summed E-state index contributed by atoms with van der Waals surface area (Å²) in [5, 5.41) is 30.9. The highest BCUT2D eigenvalue weighted by Gasteiger charge is 2.36. The Hall–Kier alpha value is -2.83. The molecule has 0 amide bonds. The predicted octanol–water partition coefficient (Wildman–Crippen LogP) is 2.84. The van der Waals surface area contributed by atoms with E-state index in [0.717, 1.165) is 28.7 Å². The van der Waals surface area contributed by atoms with Gasteiger partial charge in [0.1, 0.15) is 6.61 Å². The Bertz CT molecular complexity index is 989. The number of piperidine rings is 1. The fraction of sp³-hybridized carbons (Fsp3) is 0.316. The first-order valence-electron chi connectivity index (χ1n) is 8.83. The number of nitrogens with zero attached hydrogens (tertiary/aromatic N) is 6. The van der Waals surface area contributed by atoms with Crippen molar-refractivity contribution < 1.29 is 9.63 Å². The van der Waals surface area contributed by atoms with Crippen LogP contribution in [-0.2, 0) is 12.0 Å². The summed E-state index contributed by atoms with van der Waals surface area (Å²) in [6.07, 6.45) is 1.44. The van der Waals surface area contributed by atoms with Crippen molar-refractivity contribution in [2.45, 2.75) is 24.9 Å². The van der Waals surface area contributed by atoms with E-state index in [4.69, 9.17) is 9.63 Å². The number of aliphatic hydroxyl groups is 1. The summed E-state index contributed by atoms with van der Waals surface area (Å²) in [5.74, 6) is 1.17. The van der Waals surface area contributed by atoms with E-state index in [1.807, 2.05) is 30.3 Å². The van der Waals surface area contributed by atoms with Gasteiger partial charge < -0.3 is 14.5 Å². The maximum Gasteiger partial charge on any atom is 0.278 e. The third-order valence-corrected chi connectivity index (χ3v) is 5.56. The molecule has 0 atom stereocenters. The third-order valence-electron chi connectivity index (χ3n) is 5.03. The van der Waals surface area contributed by atoms with Crippen molar-refractivity contribution in [3.8, 4) is 17.7 Å². The molecule has 1 aliphatic rings. The Kier molecular flexibility index (Phi) is 5.07. The summed E-state index contributed by atoms with van der Waals surface area (Å²) in [6, 6.07) is 14.1. The monoisotopic (exact) mass is 440 g/mol. The minimum Gasteiger partial charge on any atom is -0.388 e. The Morgan fingerprint density at radius 1 is 1.14 bits per heavy atom. The molecule has 4 rings (SSSR count). The average molecular weight is 441 g/mol. The van der Waals surface area contributed by atoms with Crippen molar-refractivity contribution in [1.82, 2.24) is 20.3 Å². The maximum absolute atomic E-state index is 9.86. The van der Waals surface area contributed by atoms with E-state index in [-0.39, 0.29) is 18.3 Å². The Labute approximate surface area is 170 Å². The minimum atomic E-state index is -0.477. The van der Waals surface area contributed by atoms with E-state index in [1.165, 1.54) is 0 Å². The van der Waals surface area contributed by atoms with Gasteiger partial charge in [0, 0.05) is 17.6 Å². The second-order valence-electron chi connectivity index (χ2n) is 6.64. The molecule has 9 heteroatoms. The van der Waals surface area contributed by atoms with Gasteiger partial charge in [-0.15, -0.1) is 10.2 Å². The molecule has 2 aromatic heterocycles. The van der Waals surface area contributed by atoms with Crippen molar-refractivity contribution >= 4 is 21.7 Å². The highest BCUT2D eigenvalue weighted by atomic mass is 79.9. The zero-order valence-electron chi connectivity index (χ0n) is 14.9. The van der Waals surface area contributed by atoms with Crippen LogP contribution in [0.3, 0.4) is 0 Å². The molecule has 1 N–H and O–H groups in total. The van der Waals surface area contributed by atoms with Crippen molar-refractivity contribution in [2.75, 3.05) is 18.0 Å². The smallest absolute Gasteiger partial charge is 0.278 e. The molecule has 1 aliphatic heterocycles. The summed E-state index contributed by atoms with van der Waals surface area (Å²) >= 11 is 3.44. The number of anilines is 1. The first kappa shape index (κ1) is 18.5. The molecule has 0 aliphatic carbocycles. The van der Waals surface area contributed by atoms with Crippen LogP contribution in [0.5, 0.6) is 0 Å². The van der Waals surface area contributed by atoms with Crippen molar-refractivity contribution in [3.63, 3.8) is 0 Å². The summed E-state index contributed by atoms with van der Waals surface area (Å²) < 4.78 is 6.05. The lowest BCUT2D eigenvalue weighted by atomic mass is 9.74. The van der Waals surface area contributed by atoms with Crippen LogP contribution in [0, 0.1) is 11.3 Å².